The summed E-state index contributed by atoms with van der Waals surface area (Å²) < 4.78 is 33.7. The van der Waals surface area contributed by atoms with Crippen molar-refractivity contribution < 1.29 is 32.8 Å². The van der Waals surface area contributed by atoms with Crippen molar-refractivity contribution in [1.82, 2.24) is 10.6 Å². The maximum atomic E-state index is 12.4. The van der Waals surface area contributed by atoms with Crippen LogP contribution in [0.15, 0.2) is 12.1 Å². The Bertz CT molecular complexity index is 654. The van der Waals surface area contributed by atoms with Gasteiger partial charge in [-0.15, -0.1) is 0 Å². The molecule has 0 aliphatic heterocycles. The molecule has 0 aliphatic carbocycles. The van der Waals surface area contributed by atoms with Gasteiger partial charge in [-0.2, -0.15) is 8.78 Å². The number of hydrogen-bond acceptors (Lipinski definition) is 6. The van der Waals surface area contributed by atoms with Gasteiger partial charge >= 0.3 is 6.61 Å². The summed E-state index contributed by atoms with van der Waals surface area (Å²) >= 11 is 0. The van der Waals surface area contributed by atoms with Gasteiger partial charge in [0.15, 0.2) is 11.5 Å². The first-order valence-corrected chi connectivity index (χ1v) is 7.16. The SMILES string of the molecule is CCCNC(=O)CNC(=O)c1cc(OC)c(OC(F)F)cc1[N+](=O)[O-]. The molecule has 9 nitrogen and oxygen atoms in total. The van der Waals surface area contributed by atoms with Crippen LogP contribution in [0.25, 0.3) is 0 Å². The van der Waals surface area contributed by atoms with Crippen molar-refractivity contribution in [3.8, 4) is 11.5 Å². The lowest BCUT2D eigenvalue weighted by molar-refractivity contribution is -0.385. The van der Waals surface area contributed by atoms with E-state index in [4.69, 9.17) is 4.74 Å². The largest absolute Gasteiger partial charge is 0.493 e. The Morgan fingerprint density at radius 1 is 1.28 bits per heavy atom. The zero-order chi connectivity index (χ0) is 19.0. The first-order valence-electron chi connectivity index (χ1n) is 7.16. The standard InChI is InChI=1S/C14H17F2N3O6/c1-3-4-17-12(20)7-18-13(21)8-5-10(24-2)11(25-14(15)16)6-9(8)19(22)23/h5-6,14H,3-4,7H2,1-2H3,(H,17,20)(H,18,21). The van der Waals surface area contributed by atoms with Crippen molar-refractivity contribution in [1.29, 1.82) is 0 Å². The molecule has 0 aromatic heterocycles. The van der Waals surface area contributed by atoms with Crippen LogP contribution in [0.2, 0.25) is 0 Å². The van der Waals surface area contributed by atoms with Gasteiger partial charge in [0.1, 0.15) is 5.56 Å². The third-order valence-electron chi connectivity index (χ3n) is 2.92. The van der Waals surface area contributed by atoms with E-state index in [1.54, 1.807) is 0 Å². The molecule has 1 rings (SSSR count). The van der Waals surface area contributed by atoms with Crippen LogP contribution in [-0.4, -0.2) is 43.5 Å². The number of ether oxygens (including phenoxy) is 2. The van der Waals surface area contributed by atoms with E-state index >= 15 is 0 Å². The first kappa shape index (κ1) is 20.1. The van der Waals surface area contributed by atoms with Crippen LogP contribution in [0.1, 0.15) is 23.7 Å². The highest BCUT2D eigenvalue weighted by Crippen LogP contribution is 2.35. The van der Waals surface area contributed by atoms with E-state index < -0.39 is 46.9 Å². The summed E-state index contributed by atoms with van der Waals surface area (Å²) in [5.74, 6) is -2.27. The zero-order valence-electron chi connectivity index (χ0n) is 13.5. The number of carbonyl (C=O) groups excluding carboxylic acids is 2. The van der Waals surface area contributed by atoms with Crippen LogP contribution in [0.5, 0.6) is 11.5 Å². The maximum Gasteiger partial charge on any atom is 0.387 e. The zero-order valence-corrected chi connectivity index (χ0v) is 13.5. The lowest BCUT2D eigenvalue weighted by atomic mass is 10.1. The van der Waals surface area contributed by atoms with Gasteiger partial charge in [0.25, 0.3) is 11.6 Å². The first-order chi connectivity index (χ1) is 11.8. The molecule has 25 heavy (non-hydrogen) atoms. The molecular weight excluding hydrogens is 344 g/mol. The Balaban J connectivity index is 3.05. The Labute approximate surface area is 141 Å². The molecule has 0 atom stereocenters. The van der Waals surface area contributed by atoms with Crippen molar-refractivity contribution >= 4 is 17.5 Å². The molecule has 0 heterocycles. The summed E-state index contributed by atoms with van der Waals surface area (Å²) in [7, 11) is 1.12. The van der Waals surface area contributed by atoms with Crippen molar-refractivity contribution in [2.75, 3.05) is 20.2 Å². The highest BCUT2D eigenvalue weighted by Gasteiger charge is 2.26. The molecule has 1 aromatic carbocycles. The second-order valence-electron chi connectivity index (χ2n) is 4.69. The van der Waals surface area contributed by atoms with E-state index in [0.29, 0.717) is 19.0 Å². The van der Waals surface area contributed by atoms with Crippen LogP contribution < -0.4 is 20.1 Å². The fourth-order valence-electron chi connectivity index (χ4n) is 1.81. The Hall–Kier alpha value is -2.98. The van der Waals surface area contributed by atoms with Gasteiger partial charge in [-0.1, -0.05) is 6.92 Å². The molecule has 0 aliphatic rings. The number of alkyl halides is 2. The quantitative estimate of drug-likeness (QED) is 0.508. The molecular formula is C14H17F2N3O6. The van der Waals surface area contributed by atoms with E-state index in [-0.39, 0.29) is 5.75 Å². The Morgan fingerprint density at radius 2 is 1.96 bits per heavy atom. The summed E-state index contributed by atoms with van der Waals surface area (Å²) in [5.41, 5.74) is -1.21. The fraction of sp³-hybridized carbons (Fsp3) is 0.429. The van der Waals surface area contributed by atoms with Crippen LogP contribution in [0.4, 0.5) is 14.5 Å². The topological polar surface area (TPSA) is 120 Å². The number of carbonyl (C=O) groups is 2. The molecule has 0 bridgehead atoms. The number of benzene rings is 1. The van der Waals surface area contributed by atoms with E-state index in [2.05, 4.69) is 15.4 Å². The smallest absolute Gasteiger partial charge is 0.387 e. The minimum absolute atomic E-state index is 0.286. The van der Waals surface area contributed by atoms with Crippen molar-refractivity contribution in [3.05, 3.63) is 27.8 Å². The normalized spacial score (nSPS) is 10.3. The molecule has 0 saturated carbocycles. The second-order valence-corrected chi connectivity index (χ2v) is 4.69. The number of nitro groups is 1. The van der Waals surface area contributed by atoms with Crippen LogP contribution >= 0.6 is 0 Å². The highest BCUT2D eigenvalue weighted by molar-refractivity contribution is 6.00. The van der Waals surface area contributed by atoms with Gasteiger partial charge in [-0.05, 0) is 6.42 Å². The molecule has 0 spiro atoms. The van der Waals surface area contributed by atoms with Gasteiger partial charge < -0.3 is 20.1 Å². The third kappa shape index (κ3) is 5.86. The number of nitrogens with one attached hydrogen (secondary N) is 2. The maximum absolute atomic E-state index is 12.4. The van der Waals surface area contributed by atoms with Crippen LogP contribution in [0.3, 0.4) is 0 Å². The Kier molecular flexibility index (Phi) is 7.50. The predicted octanol–water partition coefficient (Wildman–Crippen LogP) is 1.46. The third-order valence-corrected chi connectivity index (χ3v) is 2.92. The van der Waals surface area contributed by atoms with E-state index in [1.165, 1.54) is 0 Å². The average Bonchev–Trinajstić information content (AvgIpc) is 2.56. The Morgan fingerprint density at radius 3 is 2.48 bits per heavy atom. The lowest BCUT2D eigenvalue weighted by Crippen LogP contribution is -2.37. The predicted molar refractivity (Wildman–Crippen MR) is 81.9 cm³/mol. The van der Waals surface area contributed by atoms with E-state index in [1.807, 2.05) is 6.92 Å². The van der Waals surface area contributed by atoms with Gasteiger partial charge in [0, 0.05) is 12.6 Å². The molecule has 138 valence electrons. The van der Waals surface area contributed by atoms with Gasteiger partial charge in [-0.3, -0.25) is 19.7 Å². The number of methoxy groups -OCH3 is 1. The molecule has 0 saturated heterocycles. The van der Waals surface area contributed by atoms with Crippen molar-refractivity contribution in [2.45, 2.75) is 20.0 Å². The molecule has 0 fully saturated rings. The number of halogens is 2. The highest BCUT2D eigenvalue weighted by atomic mass is 19.3. The van der Waals surface area contributed by atoms with Gasteiger partial charge in [0.05, 0.1) is 24.6 Å². The summed E-state index contributed by atoms with van der Waals surface area (Å²) in [6.07, 6.45) is 0.702. The van der Waals surface area contributed by atoms with Crippen LogP contribution in [0, 0.1) is 10.1 Å². The number of amides is 2. The minimum atomic E-state index is -3.23. The lowest BCUT2D eigenvalue weighted by Gasteiger charge is -2.12. The monoisotopic (exact) mass is 361 g/mol. The van der Waals surface area contributed by atoms with Crippen molar-refractivity contribution in [2.24, 2.45) is 0 Å². The average molecular weight is 361 g/mol. The molecule has 0 radical (unpaired) electrons. The van der Waals surface area contributed by atoms with E-state index in [9.17, 15) is 28.5 Å². The van der Waals surface area contributed by atoms with Gasteiger partial charge in [0.2, 0.25) is 5.91 Å². The minimum Gasteiger partial charge on any atom is -0.493 e. The molecule has 11 heteroatoms. The second kappa shape index (κ2) is 9.35. The number of hydrogen-bond donors (Lipinski definition) is 2. The van der Waals surface area contributed by atoms with Gasteiger partial charge in [-0.25, -0.2) is 0 Å². The fourth-order valence-corrected chi connectivity index (χ4v) is 1.81. The summed E-state index contributed by atoms with van der Waals surface area (Å²) in [6.45, 7) is -1.36. The molecule has 2 N–H and O–H groups in total. The molecule has 0 unspecified atom stereocenters. The number of nitro benzene ring substituents is 1. The summed E-state index contributed by atoms with van der Waals surface area (Å²) in [4.78, 5) is 33.8. The molecule has 2 amide bonds. The number of nitrogens with zero attached hydrogens (tertiary/aromatic N) is 1. The van der Waals surface area contributed by atoms with Crippen LogP contribution in [-0.2, 0) is 4.79 Å². The molecule has 1 aromatic rings. The van der Waals surface area contributed by atoms with E-state index in [0.717, 1.165) is 13.2 Å². The van der Waals surface area contributed by atoms with Crippen molar-refractivity contribution in [3.63, 3.8) is 0 Å². The summed E-state index contributed by atoms with van der Waals surface area (Å²) in [6, 6.07) is 1.56. The number of rotatable bonds is 9. The summed E-state index contributed by atoms with van der Waals surface area (Å²) in [5, 5.41) is 15.8.